The molecule has 0 aromatic carbocycles. The summed E-state index contributed by atoms with van der Waals surface area (Å²) in [6, 6.07) is 0. The summed E-state index contributed by atoms with van der Waals surface area (Å²) in [5.41, 5.74) is 0. The van der Waals surface area contributed by atoms with Gasteiger partial charge < -0.3 is 15.2 Å². The van der Waals surface area contributed by atoms with E-state index in [9.17, 15) is 5.11 Å². The summed E-state index contributed by atoms with van der Waals surface area (Å²) in [7, 11) is 0. The van der Waals surface area contributed by atoms with Crippen LogP contribution < -0.4 is 5.32 Å². The van der Waals surface area contributed by atoms with Crippen molar-refractivity contribution in [2.45, 2.75) is 51.6 Å². The molecule has 1 aliphatic rings. The van der Waals surface area contributed by atoms with Crippen LogP contribution >= 0.6 is 0 Å². The molecule has 1 atom stereocenters. The van der Waals surface area contributed by atoms with Crippen molar-refractivity contribution in [3.63, 3.8) is 0 Å². The molecule has 1 saturated carbocycles. The number of hydrogen-bond donors (Lipinski definition) is 2. The third kappa shape index (κ3) is 6.46. The third-order valence-corrected chi connectivity index (χ3v) is 3.24. The summed E-state index contributed by atoms with van der Waals surface area (Å²) in [5, 5.41) is 13.0. The van der Waals surface area contributed by atoms with Gasteiger partial charge in [0.1, 0.15) is 0 Å². The Hall–Kier alpha value is -0.120. The second-order valence-electron chi connectivity index (χ2n) is 4.86. The fraction of sp³-hybridized carbons (Fsp3) is 1.00. The summed E-state index contributed by atoms with van der Waals surface area (Å²) in [6.45, 7) is 5.31. The minimum absolute atomic E-state index is 0.255. The number of aliphatic hydroxyl groups excluding tert-OH is 1. The molecule has 1 aliphatic carbocycles. The van der Waals surface area contributed by atoms with Crippen LogP contribution in [-0.2, 0) is 4.74 Å². The Morgan fingerprint density at radius 2 is 2.06 bits per heavy atom. The van der Waals surface area contributed by atoms with Crippen LogP contribution in [0.15, 0.2) is 0 Å². The lowest BCUT2D eigenvalue weighted by atomic mass is 10.0. The van der Waals surface area contributed by atoms with Crippen molar-refractivity contribution < 1.29 is 9.84 Å². The lowest BCUT2D eigenvalue weighted by molar-refractivity contribution is 0.0257. The molecule has 0 bridgehead atoms. The molecule has 0 aromatic heterocycles. The topological polar surface area (TPSA) is 41.5 Å². The second kappa shape index (κ2) is 8.97. The molecule has 0 aromatic rings. The highest BCUT2D eigenvalue weighted by Crippen LogP contribution is 2.28. The van der Waals surface area contributed by atoms with Crippen LogP contribution in [0.1, 0.15) is 45.4 Å². The second-order valence-corrected chi connectivity index (χ2v) is 4.86. The Morgan fingerprint density at radius 1 is 1.31 bits per heavy atom. The first kappa shape index (κ1) is 13.9. The molecule has 3 heteroatoms. The van der Waals surface area contributed by atoms with Crippen LogP contribution in [0.3, 0.4) is 0 Å². The Bertz CT molecular complexity index is 158. The molecule has 0 spiro atoms. The van der Waals surface area contributed by atoms with Gasteiger partial charge in [0.2, 0.25) is 0 Å². The highest BCUT2D eigenvalue weighted by Gasteiger charge is 2.18. The minimum atomic E-state index is -0.255. The zero-order chi connectivity index (χ0) is 11.6. The van der Waals surface area contributed by atoms with Crippen molar-refractivity contribution in [1.82, 2.24) is 5.32 Å². The van der Waals surface area contributed by atoms with Crippen LogP contribution in [0.4, 0.5) is 0 Å². The predicted octanol–water partition coefficient (Wildman–Crippen LogP) is 1.94. The van der Waals surface area contributed by atoms with E-state index in [4.69, 9.17) is 4.74 Å². The van der Waals surface area contributed by atoms with E-state index in [0.29, 0.717) is 13.2 Å². The molecule has 16 heavy (non-hydrogen) atoms. The van der Waals surface area contributed by atoms with E-state index in [0.717, 1.165) is 31.8 Å². The zero-order valence-corrected chi connectivity index (χ0v) is 10.6. The van der Waals surface area contributed by atoms with Crippen LogP contribution in [0.2, 0.25) is 0 Å². The number of ether oxygens (including phenoxy) is 1. The maximum atomic E-state index is 9.77. The molecule has 1 unspecified atom stereocenters. The molecule has 0 aliphatic heterocycles. The van der Waals surface area contributed by atoms with Gasteiger partial charge in [-0.05, 0) is 25.3 Å². The van der Waals surface area contributed by atoms with Gasteiger partial charge in [-0.3, -0.25) is 0 Å². The van der Waals surface area contributed by atoms with Gasteiger partial charge >= 0.3 is 0 Å². The van der Waals surface area contributed by atoms with Crippen molar-refractivity contribution >= 4 is 0 Å². The normalized spacial score (nSPS) is 19.1. The summed E-state index contributed by atoms with van der Waals surface area (Å²) < 4.78 is 5.44. The Balaban J connectivity index is 1.87. The molecule has 2 N–H and O–H groups in total. The average molecular weight is 229 g/mol. The first-order valence-electron chi connectivity index (χ1n) is 6.79. The number of nitrogens with one attached hydrogen (secondary N) is 1. The summed E-state index contributed by atoms with van der Waals surface area (Å²) in [6.07, 6.45) is 7.13. The molecule has 0 heterocycles. The van der Waals surface area contributed by atoms with E-state index < -0.39 is 0 Å². The van der Waals surface area contributed by atoms with Gasteiger partial charge in [-0.1, -0.05) is 32.6 Å². The quantitative estimate of drug-likeness (QED) is 0.594. The van der Waals surface area contributed by atoms with Gasteiger partial charge in [-0.15, -0.1) is 0 Å². The van der Waals surface area contributed by atoms with Crippen molar-refractivity contribution in [3.8, 4) is 0 Å². The molecule has 96 valence electrons. The first-order chi connectivity index (χ1) is 7.83. The average Bonchev–Trinajstić information content (AvgIpc) is 2.76. The molecule has 0 saturated heterocycles. The van der Waals surface area contributed by atoms with Gasteiger partial charge in [-0.25, -0.2) is 0 Å². The summed E-state index contributed by atoms with van der Waals surface area (Å²) in [5.74, 6) is 0.747. The maximum absolute atomic E-state index is 9.77. The number of aliphatic hydroxyl groups is 1. The SMILES string of the molecule is CCCNCCOCC(O)CC1CCCC1. The predicted molar refractivity (Wildman–Crippen MR) is 66.6 cm³/mol. The lowest BCUT2D eigenvalue weighted by Crippen LogP contribution is -2.24. The molecule has 3 nitrogen and oxygen atoms in total. The van der Waals surface area contributed by atoms with Gasteiger partial charge in [0, 0.05) is 6.54 Å². The Labute approximate surface area is 99.6 Å². The fourth-order valence-electron chi connectivity index (χ4n) is 2.36. The molecule has 0 amide bonds. The van der Waals surface area contributed by atoms with Crippen molar-refractivity contribution in [2.24, 2.45) is 5.92 Å². The van der Waals surface area contributed by atoms with E-state index in [1.165, 1.54) is 25.7 Å². The fourth-order valence-corrected chi connectivity index (χ4v) is 2.36. The number of rotatable bonds is 9. The molecule has 1 rings (SSSR count). The van der Waals surface area contributed by atoms with E-state index in [-0.39, 0.29) is 6.10 Å². The maximum Gasteiger partial charge on any atom is 0.0776 e. The summed E-state index contributed by atoms with van der Waals surface area (Å²) >= 11 is 0. The van der Waals surface area contributed by atoms with Gasteiger partial charge in [0.15, 0.2) is 0 Å². The molecule has 0 radical (unpaired) electrons. The van der Waals surface area contributed by atoms with E-state index >= 15 is 0 Å². The van der Waals surface area contributed by atoms with Crippen LogP contribution in [0.5, 0.6) is 0 Å². The molecular formula is C13H27NO2. The monoisotopic (exact) mass is 229 g/mol. The Kier molecular flexibility index (Phi) is 7.81. The van der Waals surface area contributed by atoms with E-state index in [1.54, 1.807) is 0 Å². The minimum Gasteiger partial charge on any atom is -0.391 e. The highest BCUT2D eigenvalue weighted by molar-refractivity contribution is 4.70. The lowest BCUT2D eigenvalue weighted by Gasteiger charge is -2.15. The van der Waals surface area contributed by atoms with Crippen molar-refractivity contribution in [2.75, 3.05) is 26.3 Å². The first-order valence-corrected chi connectivity index (χ1v) is 6.79. The third-order valence-electron chi connectivity index (χ3n) is 3.24. The Morgan fingerprint density at radius 3 is 2.75 bits per heavy atom. The van der Waals surface area contributed by atoms with Gasteiger partial charge in [-0.2, -0.15) is 0 Å². The van der Waals surface area contributed by atoms with Crippen molar-refractivity contribution in [1.29, 1.82) is 0 Å². The van der Waals surface area contributed by atoms with Crippen molar-refractivity contribution in [3.05, 3.63) is 0 Å². The smallest absolute Gasteiger partial charge is 0.0776 e. The van der Waals surface area contributed by atoms with E-state index in [1.807, 2.05) is 0 Å². The highest BCUT2D eigenvalue weighted by atomic mass is 16.5. The molecular weight excluding hydrogens is 202 g/mol. The van der Waals surface area contributed by atoms with Crippen LogP contribution in [0.25, 0.3) is 0 Å². The van der Waals surface area contributed by atoms with Crippen LogP contribution in [0, 0.1) is 5.92 Å². The summed E-state index contributed by atoms with van der Waals surface area (Å²) in [4.78, 5) is 0. The zero-order valence-electron chi connectivity index (χ0n) is 10.6. The standard InChI is InChI=1S/C13H27NO2/c1-2-7-14-8-9-16-11-13(15)10-12-5-3-4-6-12/h12-15H,2-11H2,1H3. The number of hydrogen-bond acceptors (Lipinski definition) is 3. The molecule has 1 fully saturated rings. The van der Waals surface area contributed by atoms with Crippen LogP contribution in [-0.4, -0.2) is 37.5 Å². The largest absolute Gasteiger partial charge is 0.391 e. The van der Waals surface area contributed by atoms with E-state index in [2.05, 4.69) is 12.2 Å². The van der Waals surface area contributed by atoms with Gasteiger partial charge in [0.05, 0.1) is 19.3 Å². The van der Waals surface area contributed by atoms with Gasteiger partial charge in [0.25, 0.3) is 0 Å².